The molecule has 1 saturated heterocycles. The van der Waals surface area contributed by atoms with E-state index in [2.05, 4.69) is 10.3 Å². The summed E-state index contributed by atoms with van der Waals surface area (Å²) in [6, 6.07) is 0. The van der Waals surface area contributed by atoms with Crippen LogP contribution in [0.1, 0.15) is 28.3 Å². The van der Waals surface area contributed by atoms with E-state index in [1.807, 2.05) is 0 Å². The first-order chi connectivity index (χ1) is 9.74. The number of nitrogens with zero attached hydrogens (tertiary/aromatic N) is 1. The maximum atomic E-state index is 12.4. The first-order valence-electron chi connectivity index (χ1n) is 5.91. The van der Waals surface area contributed by atoms with E-state index in [-0.39, 0.29) is 37.4 Å². The SMILES string of the molecule is O=C(NC1(C(=O)O)CCOCC1)c1csc(C(F)(F)F)n1. The van der Waals surface area contributed by atoms with Gasteiger partial charge in [0, 0.05) is 31.4 Å². The van der Waals surface area contributed by atoms with Crippen LogP contribution in [0, 0.1) is 0 Å². The first kappa shape index (κ1) is 15.7. The van der Waals surface area contributed by atoms with Crippen molar-refractivity contribution in [3.05, 3.63) is 16.1 Å². The summed E-state index contributed by atoms with van der Waals surface area (Å²) in [5.74, 6) is -2.18. The number of nitrogens with one attached hydrogen (secondary N) is 1. The molecule has 0 aliphatic carbocycles. The fourth-order valence-corrected chi connectivity index (χ4v) is 2.57. The highest BCUT2D eigenvalue weighted by molar-refractivity contribution is 7.09. The highest BCUT2D eigenvalue weighted by Gasteiger charge is 2.42. The number of hydrogen-bond donors (Lipinski definition) is 2. The molecule has 1 aliphatic heterocycles. The highest BCUT2D eigenvalue weighted by Crippen LogP contribution is 2.31. The summed E-state index contributed by atoms with van der Waals surface area (Å²) in [6.07, 6.45) is -4.54. The third kappa shape index (κ3) is 3.32. The molecule has 0 radical (unpaired) electrons. The van der Waals surface area contributed by atoms with Crippen LogP contribution in [0.5, 0.6) is 0 Å². The minimum Gasteiger partial charge on any atom is -0.480 e. The van der Waals surface area contributed by atoms with E-state index in [0.717, 1.165) is 5.38 Å². The molecule has 0 bridgehead atoms. The highest BCUT2D eigenvalue weighted by atomic mass is 32.1. The van der Waals surface area contributed by atoms with Crippen molar-refractivity contribution < 1.29 is 32.6 Å². The molecule has 116 valence electrons. The van der Waals surface area contributed by atoms with Gasteiger partial charge in [-0.1, -0.05) is 0 Å². The van der Waals surface area contributed by atoms with Crippen molar-refractivity contribution in [1.29, 1.82) is 0 Å². The first-order valence-corrected chi connectivity index (χ1v) is 6.79. The van der Waals surface area contributed by atoms with Crippen LogP contribution in [0.4, 0.5) is 13.2 Å². The van der Waals surface area contributed by atoms with Gasteiger partial charge in [0.25, 0.3) is 5.91 Å². The molecular weight excluding hydrogens is 313 g/mol. The predicted molar refractivity (Wildman–Crippen MR) is 65.0 cm³/mol. The van der Waals surface area contributed by atoms with E-state index in [1.165, 1.54) is 0 Å². The molecule has 6 nitrogen and oxygen atoms in total. The lowest BCUT2D eigenvalue weighted by Gasteiger charge is -2.33. The number of aromatic nitrogens is 1. The Morgan fingerprint density at radius 2 is 2.00 bits per heavy atom. The summed E-state index contributed by atoms with van der Waals surface area (Å²) >= 11 is 0.285. The number of aliphatic carboxylic acids is 1. The Balaban J connectivity index is 2.16. The average molecular weight is 324 g/mol. The molecule has 2 N–H and O–H groups in total. The minimum absolute atomic E-state index is 0.0460. The molecule has 0 saturated carbocycles. The maximum absolute atomic E-state index is 12.4. The van der Waals surface area contributed by atoms with Crippen LogP contribution < -0.4 is 5.32 Å². The normalized spacial score (nSPS) is 18.2. The standard InChI is InChI=1S/C11H11F3N2O4S/c12-11(13,14)8-15-6(5-21-8)7(17)16-10(9(18)19)1-3-20-4-2-10/h5H,1-4H2,(H,16,17)(H,18,19). The Bertz CT molecular complexity index is 552. The molecule has 0 aromatic carbocycles. The molecule has 1 aromatic heterocycles. The van der Waals surface area contributed by atoms with Crippen LogP contribution in [-0.4, -0.2) is 40.7 Å². The van der Waals surface area contributed by atoms with Gasteiger partial charge < -0.3 is 15.2 Å². The number of thiazole rings is 1. The number of amides is 1. The van der Waals surface area contributed by atoms with E-state index < -0.39 is 34.3 Å². The molecule has 0 atom stereocenters. The lowest BCUT2D eigenvalue weighted by Crippen LogP contribution is -2.57. The Hall–Kier alpha value is -1.68. The lowest BCUT2D eigenvalue weighted by atomic mass is 9.90. The van der Waals surface area contributed by atoms with Crippen molar-refractivity contribution in [3.63, 3.8) is 0 Å². The molecule has 0 unspecified atom stereocenters. The van der Waals surface area contributed by atoms with Gasteiger partial charge in [-0.25, -0.2) is 9.78 Å². The van der Waals surface area contributed by atoms with Gasteiger partial charge in [0.1, 0.15) is 11.2 Å². The van der Waals surface area contributed by atoms with Gasteiger partial charge in [-0.15, -0.1) is 11.3 Å². The van der Waals surface area contributed by atoms with Crippen molar-refractivity contribution in [2.24, 2.45) is 0 Å². The summed E-state index contributed by atoms with van der Waals surface area (Å²) < 4.78 is 42.3. The Labute approximate surface area is 120 Å². The van der Waals surface area contributed by atoms with Crippen molar-refractivity contribution in [2.75, 3.05) is 13.2 Å². The Morgan fingerprint density at radius 3 is 2.48 bits per heavy atom. The molecule has 2 heterocycles. The second kappa shape index (κ2) is 5.60. The van der Waals surface area contributed by atoms with Gasteiger partial charge in [0.05, 0.1) is 0 Å². The summed E-state index contributed by atoms with van der Waals surface area (Å²) in [7, 11) is 0. The van der Waals surface area contributed by atoms with Gasteiger partial charge >= 0.3 is 12.1 Å². The van der Waals surface area contributed by atoms with Crippen molar-refractivity contribution in [3.8, 4) is 0 Å². The smallest absolute Gasteiger partial charge is 0.443 e. The number of hydrogen-bond acceptors (Lipinski definition) is 5. The number of carboxylic acids is 1. The number of carbonyl (C=O) groups is 2. The maximum Gasteiger partial charge on any atom is 0.443 e. The quantitative estimate of drug-likeness (QED) is 0.880. The van der Waals surface area contributed by atoms with Gasteiger partial charge in [0.15, 0.2) is 5.01 Å². The number of alkyl halides is 3. The van der Waals surface area contributed by atoms with E-state index >= 15 is 0 Å². The van der Waals surface area contributed by atoms with E-state index in [9.17, 15) is 27.9 Å². The van der Waals surface area contributed by atoms with Gasteiger partial charge in [0.2, 0.25) is 0 Å². The van der Waals surface area contributed by atoms with Crippen LogP contribution in [0.25, 0.3) is 0 Å². The Kier molecular flexibility index (Phi) is 4.19. The molecular formula is C11H11F3N2O4S. The summed E-state index contributed by atoms with van der Waals surface area (Å²) in [4.78, 5) is 26.5. The van der Waals surface area contributed by atoms with Crippen LogP contribution in [0.2, 0.25) is 0 Å². The van der Waals surface area contributed by atoms with Crippen LogP contribution in [-0.2, 0) is 15.7 Å². The summed E-state index contributed by atoms with van der Waals surface area (Å²) in [5.41, 5.74) is -1.98. The second-order valence-electron chi connectivity index (χ2n) is 4.49. The molecule has 1 amide bonds. The molecule has 10 heteroatoms. The topological polar surface area (TPSA) is 88.5 Å². The molecule has 21 heavy (non-hydrogen) atoms. The van der Waals surface area contributed by atoms with Crippen molar-refractivity contribution in [1.82, 2.24) is 10.3 Å². The van der Waals surface area contributed by atoms with Gasteiger partial charge in [-0.2, -0.15) is 13.2 Å². The van der Waals surface area contributed by atoms with Crippen LogP contribution in [0.15, 0.2) is 5.38 Å². The largest absolute Gasteiger partial charge is 0.480 e. The van der Waals surface area contributed by atoms with E-state index in [0.29, 0.717) is 0 Å². The number of ether oxygens (including phenoxy) is 1. The molecule has 1 aromatic rings. The number of halogens is 3. The van der Waals surface area contributed by atoms with Crippen LogP contribution in [0.3, 0.4) is 0 Å². The van der Waals surface area contributed by atoms with E-state index in [4.69, 9.17) is 4.74 Å². The third-order valence-corrected chi connectivity index (χ3v) is 3.97. The molecule has 1 fully saturated rings. The Morgan fingerprint density at radius 1 is 1.38 bits per heavy atom. The molecule has 2 rings (SSSR count). The lowest BCUT2D eigenvalue weighted by molar-refractivity contribution is -0.148. The van der Waals surface area contributed by atoms with E-state index in [1.54, 1.807) is 0 Å². The summed E-state index contributed by atoms with van der Waals surface area (Å²) in [5, 5.41) is 11.3. The average Bonchev–Trinajstić information content (AvgIpc) is 2.89. The predicted octanol–water partition coefficient (Wildman–Crippen LogP) is 1.53. The number of rotatable bonds is 3. The van der Waals surface area contributed by atoms with Crippen LogP contribution >= 0.6 is 11.3 Å². The fraction of sp³-hybridized carbons (Fsp3) is 0.545. The van der Waals surface area contributed by atoms with Gasteiger partial charge in [-0.05, 0) is 0 Å². The fourth-order valence-electron chi connectivity index (χ4n) is 1.90. The number of carboxylic acid groups (broad SMARTS) is 1. The van der Waals surface area contributed by atoms with Crippen molar-refractivity contribution >= 4 is 23.2 Å². The summed E-state index contributed by atoms with van der Waals surface area (Å²) in [6.45, 7) is 0.300. The molecule has 0 spiro atoms. The zero-order valence-electron chi connectivity index (χ0n) is 10.6. The monoisotopic (exact) mass is 324 g/mol. The number of carbonyl (C=O) groups excluding carboxylic acids is 1. The zero-order chi connectivity index (χ0) is 15.7. The van der Waals surface area contributed by atoms with Gasteiger partial charge in [-0.3, -0.25) is 4.79 Å². The third-order valence-electron chi connectivity index (χ3n) is 3.09. The molecule has 1 aliphatic rings. The minimum atomic E-state index is -4.63. The second-order valence-corrected chi connectivity index (χ2v) is 5.35. The zero-order valence-corrected chi connectivity index (χ0v) is 11.4. The van der Waals surface area contributed by atoms with Crippen molar-refractivity contribution in [2.45, 2.75) is 24.6 Å².